The maximum absolute atomic E-state index is 14.5. The molecule has 4 aromatic rings. The average Bonchev–Trinajstić information content (AvgIpc) is 3.69. The Labute approximate surface area is 234 Å². The molecular formula is C30H29F2N5O4. The highest BCUT2D eigenvalue weighted by Crippen LogP contribution is 2.38. The first-order chi connectivity index (χ1) is 19.8. The Balaban J connectivity index is 1.33. The molecule has 2 aromatic carbocycles. The van der Waals surface area contributed by atoms with Gasteiger partial charge in [0.25, 0.3) is 11.5 Å². The quantitative estimate of drug-likeness (QED) is 0.395. The van der Waals surface area contributed by atoms with Gasteiger partial charge in [-0.1, -0.05) is 0 Å². The number of fused-ring (bicyclic) bond motifs is 1. The number of halogens is 2. The second-order valence-electron chi connectivity index (χ2n) is 10.4. The molecule has 0 unspecified atom stereocenters. The van der Waals surface area contributed by atoms with Crippen molar-refractivity contribution in [2.75, 3.05) is 39.3 Å². The summed E-state index contributed by atoms with van der Waals surface area (Å²) >= 11 is 0. The number of ether oxygens (including phenoxy) is 1. The number of aromatic amines is 1. The first kappa shape index (κ1) is 26.5. The number of amides is 3. The zero-order valence-electron chi connectivity index (χ0n) is 22.5. The molecule has 0 spiro atoms. The highest BCUT2D eigenvalue weighted by atomic mass is 19.1. The van der Waals surface area contributed by atoms with Crippen LogP contribution in [0.5, 0.6) is 11.5 Å². The van der Waals surface area contributed by atoms with Gasteiger partial charge in [-0.2, -0.15) is 0 Å². The van der Waals surface area contributed by atoms with Gasteiger partial charge in [-0.25, -0.2) is 13.6 Å². The molecule has 2 fully saturated rings. The van der Waals surface area contributed by atoms with E-state index in [1.54, 1.807) is 53.5 Å². The van der Waals surface area contributed by atoms with Crippen LogP contribution in [0.4, 0.5) is 13.6 Å². The van der Waals surface area contributed by atoms with Crippen LogP contribution in [0.15, 0.2) is 59.7 Å². The number of aryl methyl sites for hydroxylation is 1. The number of carbonyl (C=O) groups is 2. The highest BCUT2D eigenvalue weighted by molar-refractivity contribution is 6.00. The van der Waals surface area contributed by atoms with E-state index in [4.69, 9.17) is 4.74 Å². The Hall–Kier alpha value is -4.67. The molecule has 0 saturated carbocycles. The third-order valence-electron chi connectivity index (χ3n) is 7.74. The van der Waals surface area contributed by atoms with E-state index >= 15 is 0 Å². The van der Waals surface area contributed by atoms with Crippen molar-refractivity contribution in [1.82, 2.24) is 24.3 Å². The fraction of sp³-hybridized carbons (Fsp3) is 0.300. The molecule has 2 aromatic heterocycles. The van der Waals surface area contributed by atoms with E-state index in [-0.39, 0.29) is 29.0 Å². The summed E-state index contributed by atoms with van der Waals surface area (Å²) in [5, 5.41) is 0.608. The minimum atomic E-state index is -0.871. The van der Waals surface area contributed by atoms with Gasteiger partial charge in [-0.3, -0.25) is 9.59 Å². The van der Waals surface area contributed by atoms with Gasteiger partial charge >= 0.3 is 6.03 Å². The zero-order chi connectivity index (χ0) is 28.7. The van der Waals surface area contributed by atoms with Gasteiger partial charge in [0.1, 0.15) is 17.1 Å². The lowest BCUT2D eigenvalue weighted by molar-refractivity contribution is 0.0645. The molecule has 41 heavy (non-hydrogen) atoms. The first-order valence-electron chi connectivity index (χ1n) is 13.6. The van der Waals surface area contributed by atoms with E-state index in [1.807, 2.05) is 4.90 Å². The molecule has 3 amide bonds. The van der Waals surface area contributed by atoms with Crippen LogP contribution in [0.25, 0.3) is 22.0 Å². The van der Waals surface area contributed by atoms with Crippen LogP contribution in [0.1, 0.15) is 23.2 Å². The Morgan fingerprint density at radius 1 is 0.829 bits per heavy atom. The SMILES string of the molecule is Cn1cc(-c2cc(C(=O)N3CCN(C(=O)N4CCCC4)CC3)ccc2Oc2ccc(F)cc2F)c2cc[nH]c2c1=O. The van der Waals surface area contributed by atoms with E-state index in [0.717, 1.165) is 38.1 Å². The molecule has 0 aliphatic carbocycles. The molecule has 11 heteroatoms. The molecule has 0 radical (unpaired) electrons. The number of piperazine rings is 1. The summed E-state index contributed by atoms with van der Waals surface area (Å²) < 4.78 is 35.4. The smallest absolute Gasteiger partial charge is 0.320 e. The van der Waals surface area contributed by atoms with Crippen LogP contribution in [0, 0.1) is 11.6 Å². The maximum Gasteiger partial charge on any atom is 0.320 e. The molecule has 1 N–H and O–H groups in total. The van der Waals surface area contributed by atoms with Gasteiger partial charge in [0.15, 0.2) is 11.6 Å². The van der Waals surface area contributed by atoms with Crippen molar-refractivity contribution in [3.05, 3.63) is 82.4 Å². The predicted molar refractivity (Wildman–Crippen MR) is 149 cm³/mol. The van der Waals surface area contributed by atoms with Crippen LogP contribution in [0.2, 0.25) is 0 Å². The van der Waals surface area contributed by atoms with E-state index in [9.17, 15) is 23.2 Å². The topological polar surface area (TPSA) is 90.9 Å². The molecule has 2 aliphatic heterocycles. The summed E-state index contributed by atoms with van der Waals surface area (Å²) in [6.45, 7) is 3.24. The number of urea groups is 1. The Kier molecular flexibility index (Phi) is 6.94. The molecule has 9 nitrogen and oxygen atoms in total. The van der Waals surface area contributed by atoms with Crippen molar-refractivity contribution in [1.29, 1.82) is 0 Å². The molecule has 0 atom stereocenters. The minimum Gasteiger partial charge on any atom is -0.454 e. The minimum absolute atomic E-state index is 0.0246. The summed E-state index contributed by atoms with van der Waals surface area (Å²) in [7, 11) is 1.62. The lowest BCUT2D eigenvalue weighted by atomic mass is 9.99. The van der Waals surface area contributed by atoms with Crippen molar-refractivity contribution in [3.8, 4) is 22.6 Å². The summed E-state index contributed by atoms with van der Waals surface area (Å²) in [5.74, 6) is -1.76. The van der Waals surface area contributed by atoms with Crippen molar-refractivity contribution in [2.45, 2.75) is 12.8 Å². The van der Waals surface area contributed by atoms with Crippen LogP contribution in [0.3, 0.4) is 0 Å². The lowest BCUT2D eigenvalue weighted by Crippen LogP contribution is -2.53. The molecule has 2 aliphatic rings. The second kappa shape index (κ2) is 10.7. The third-order valence-corrected chi connectivity index (χ3v) is 7.74. The second-order valence-corrected chi connectivity index (χ2v) is 10.4. The Morgan fingerprint density at radius 3 is 2.24 bits per heavy atom. The van der Waals surface area contributed by atoms with Crippen LogP contribution in [-0.2, 0) is 7.05 Å². The summed E-state index contributed by atoms with van der Waals surface area (Å²) in [5.41, 5.74) is 1.58. The van der Waals surface area contributed by atoms with Gasteiger partial charge in [0.05, 0.1) is 0 Å². The maximum atomic E-state index is 14.5. The molecule has 0 bridgehead atoms. The van der Waals surface area contributed by atoms with Gasteiger partial charge < -0.3 is 29.0 Å². The van der Waals surface area contributed by atoms with E-state index < -0.39 is 11.6 Å². The average molecular weight is 562 g/mol. The van der Waals surface area contributed by atoms with Gasteiger partial charge in [0, 0.05) is 86.9 Å². The fourth-order valence-electron chi connectivity index (χ4n) is 5.51. The van der Waals surface area contributed by atoms with Crippen molar-refractivity contribution < 1.29 is 23.1 Å². The van der Waals surface area contributed by atoms with Crippen LogP contribution >= 0.6 is 0 Å². The van der Waals surface area contributed by atoms with Crippen LogP contribution < -0.4 is 10.3 Å². The first-order valence-corrected chi connectivity index (χ1v) is 13.6. The summed E-state index contributed by atoms with van der Waals surface area (Å²) in [4.78, 5) is 47.4. The normalized spacial score (nSPS) is 15.5. The number of pyridine rings is 1. The van der Waals surface area contributed by atoms with E-state index in [0.29, 0.717) is 53.8 Å². The lowest BCUT2D eigenvalue weighted by Gasteiger charge is -2.36. The number of nitrogens with zero attached hydrogens (tertiary/aromatic N) is 4. The predicted octanol–water partition coefficient (Wildman–Crippen LogP) is 4.58. The van der Waals surface area contributed by atoms with Gasteiger partial charge in [-0.05, 0) is 49.2 Å². The van der Waals surface area contributed by atoms with Gasteiger partial charge in [0.2, 0.25) is 0 Å². The number of benzene rings is 2. The monoisotopic (exact) mass is 561 g/mol. The zero-order valence-corrected chi connectivity index (χ0v) is 22.5. The number of rotatable bonds is 4. The Bertz CT molecular complexity index is 1700. The van der Waals surface area contributed by atoms with Gasteiger partial charge in [-0.15, -0.1) is 0 Å². The van der Waals surface area contributed by atoms with Crippen molar-refractivity contribution in [3.63, 3.8) is 0 Å². The van der Waals surface area contributed by atoms with Crippen LogP contribution in [-0.4, -0.2) is 75.5 Å². The summed E-state index contributed by atoms with van der Waals surface area (Å²) in [6.07, 6.45) is 5.32. The summed E-state index contributed by atoms with van der Waals surface area (Å²) in [6, 6.07) is 9.63. The highest BCUT2D eigenvalue weighted by Gasteiger charge is 2.29. The number of carbonyl (C=O) groups excluding carboxylic acids is 2. The number of hydrogen-bond acceptors (Lipinski definition) is 4. The number of likely N-dealkylation sites (tertiary alicyclic amines) is 1. The van der Waals surface area contributed by atoms with Crippen molar-refractivity contribution >= 4 is 22.8 Å². The number of aromatic nitrogens is 2. The number of hydrogen-bond donors (Lipinski definition) is 1. The van der Waals surface area contributed by atoms with E-state index in [2.05, 4.69) is 4.98 Å². The largest absolute Gasteiger partial charge is 0.454 e. The fourth-order valence-corrected chi connectivity index (χ4v) is 5.51. The molecule has 6 rings (SSSR count). The molecular weight excluding hydrogens is 532 g/mol. The third kappa shape index (κ3) is 5.03. The Morgan fingerprint density at radius 2 is 1.51 bits per heavy atom. The number of nitrogens with one attached hydrogen (secondary N) is 1. The molecule has 4 heterocycles. The van der Waals surface area contributed by atoms with E-state index in [1.165, 1.54) is 10.6 Å². The standard InChI is InChI=1S/C30H29F2N5O4/c1-34-18-23(21-8-9-33-27(21)29(34)39)22-16-19(4-6-25(22)41-26-7-5-20(31)17-24(26)32)28(38)35-12-14-37(15-13-35)30(40)36-10-2-3-11-36/h4-9,16-18,33H,2-3,10-15H2,1H3. The molecule has 2 saturated heterocycles. The molecule has 212 valence electrons. The number of H-pyrrole nitrogens is 1. The van der Waals surface area contributed by atoms with Crippen molar-refractivity contribution in [2.24, 2.45) is 7.05 Å².